The van der Waals surface area contributed by atoms with Crippen molar-refractivity contribution in [3.63, 3.8) is 0 Å². The van der Waals surface area contributed by atoms with Crippen molar-refractivity contribution in [2.24, 2.45) is 5.92 Å². The van der Waals surface area contributed by atoms with E-state index in [1.165, 1.54) is 11.9 Å². The minimum atomic E-state index is -0.995. The molecule has 0 aromatic rings. The van der Waals surface area contributed by atoms with Gasteiger partial charge in [0.15, 0.2) is 0 Å². The summed E-state index contributed by atoms with van der Waals surface area (Å²) in [6.07, 6.45) is 0. The number of carbonyl (C=O) groups excluding carboxylic acids is 2. The molecular weight excluding hydrogens is 254 g/mol. The summed E-state index contributed by atoms with van der Waals surface area (Å²) < 4.78 is 5.08. The van der Waals surface area contributed by atoms with E-state index in [4.69, 9.17) is 9.84 Å². The van der Waals surface area contributed by atoms with Crippen molar-refractivity contribution in [1.29, 1.82) is 0 Å². The van der Waals surface area contributed by atoms with Gasteiger partial charge in [0.1, 0.15) is 5.92 Å². The number of nitrogens with zero attached hydrogens (tertiary/aromatic N) is 1. The molecule has 1 aliphatic heterocycles. The van der Waals surface area contributed by atoms with Crippen LogP contribution in [0, 0.1) is 5.92 Å². The normalized spacial score (nSPS) is 21.8. The maximum absolute atomic E-state index is 11.8. The molecule has 0 aromatic heterocycles. The molecule has 1 rings (SSSR count). The van der Waals surface area contributed by atoms with Gasteiger partial charge in [0.25, 0.3) is 0 Å². The minimum absolute atomic E-state index is 0.0912. The Hall–Kier alpha value is -1.83. The second-order valence-corrected chi connectivity index (χ2v) is 4.27. The first-order valence-corrected chi connectivity index (χ1v) is 6.05. The molecule has 3 amide bonds. The highest BCUT2D eigenvalue weighted by atomic mass is 16.5. The number of carboxylic acid groups (broad SMARTS) is 1. The highest BCUT2D eigenvalue weighted by molar-refractivity contribution is 5.84. The van der Waals surface area contributed by atoms with E-state index in [0.29, 0.717) is 6.54 Å². The van der Waals surface area contributed by atoms with E-state index in [0.717, 1.165) is 0 Å². The number of carbonyl (C=O) groups is 3. The van der Waals surface area contributed by atoms with Crippen molar-refractivity contribution >= 4 is 17.9 Å². The molecule has 1 aliphatic rings. The fourth-order valence-electron chi connectivity index (χ4n) is 1.85. The number of urea groups is 1. The summed E-state index contributed by atoms with van der Waals surface area (Å²) in [7, 11) is 1.49. The van der Waals surface area contributed by atoms with Gasteiger partial charge in [-0.2, -0.15) is 0 Å². The lowest BCUT2D eigenvalue weighted by molar-refractivity contribution is -0.142. The Morgan fingerprint density at radius 3 is 2.58 bits per heavy atom. The van der Waals surface area contributed by atoms with Crippen molar-refractivity contribution in [2.45, 2.75) is 13.0 Å². The summed E-state index contributed by atoms with van der Waals surface area (Å²) in [5, 5.41) is 14.0. The van der Waals surface area contributed by atoms with E-state index >= 15 is 0 Å². The zero-order valence-corrected chi connectivity index (χ0v) is 11.0. The summed E-state index contributed by atoms with van der Waals surface area (Å²) >= 11 is 0. The lowest BCUT2D eigenvalue weighted by Gasteiger charge is -2.26. The monoisotopic (exact) mass is 273 g/mol. The van der Waals surface area contributed by atoms with Crippen LogP contribution in [0.1, 0.15) is 6.92 Å². The second kappa shape index (κ2) is 6.93. The number of hydrogen-bond donors (Lipinski definition) is 3. The average molecular weight is 273 g/mol. The van der Waals surface area contributed by atoms with Gasteiger partial charge in [-0.05, 0) is 6.92 Å². The molecule has 1 saturated heterocycles. The summed E-state index contributed by atoms with van der Waals surface area (Å²) in [4.78, 5) is 35.3. The Kier molecular flexibility index (Phi) is 5.56. The SMILES string of the molecule is CCNC(=O)CNC(=O)N(C)C1COCC1C(=O)O. The highest BCUT2D eigenvalue weighted by Gasteiger charge is 2.38. The fraction of sp³-hybridized carbons (Fsp3) is 0.727. The number of nitrogens with one attached hydrogen (secondary N) is 2. The smallest absolute Gasteiger partial charge is 0.317 e. The molecule has 1 fully saturated rings. The van der Waals surface area contributed by atoms with E-state index in [9.17, 15) is 14.4 Å². The molecule has 0 aromatic carbocycles. The lowest BCUT2D eigenvalue weighted by atomic mass is 10.0. The third kappa shape index (κ3) is 4.09. The van der Waals surface area contributed by atoms with Crippen LogP contribution in [0.4, 0.5) is 4.79 Å². The largest absolute Gasteiger partial charge is 0.481 e. The van der Waals surface area contributed by atoms with Crippen LogP contribution in [0.5, 0.6) is 0 Å². The van der Waals surface area contributed by atoms with Crippen molar-refractivity contribution in [1.82, 2.24) is 15.5 Å². The molecule has 19 heavy (non-hydrogen) atoms. The third-order valence-electron chi connectivity index (χ3n) is 2.96. The van der Waals surface area contributed by atoms with Gasteiger partial charge in [0.2, 0.25) is 5.91 Å². The number of ether oxygens (including phenoxy) is 1. The van der Waals surface area contributed by atoms with Crippen LogP contribution in [0.3, 0.4) is 0 Å². The first-order chi connectivity index (χ1) is 8.97. The molecule has 108 valence electrons. The zero-order valence-electron chi connectivity index (χ0n) is 11.0. The molecule has 3 N–H and O–H groups in total. The first kappa shape index (κ1) is 15.2. The molecule has 2 unspecified atom stereocenters. The van der Waals surface area contributed by atoms with Crippen LogP contribution in [0.25, 0.3) is 0 Å². The molecule has 0 bridgehead atoms. The van der Waals surface area contributed by atoms with Crippen LogP contribution >= 0.6 is 0 Å². The van der Waals surface area contributed by atoms with Gasteiger partial charge in [0, 0.05) is 13.6 Å². The van der Waals surface area contributed by atoms with Gasteiger partial charge in [-0.15, -0.1) is 0 Å². The van der Waals surface area contributed by atoms with Gasteiger partial charge in [-0.25, -0.2) is 4.79 Å². The van der Waals surface area contributed by atoms with Gasteiger partial charge in [0.05, 0.1) is 25.8 Å². The van der Waals surface area contributed by atoms with Gasteiger partial charge < -0.3 is 25.4 Å². The number of aliphatic carboxylic acids is 1. The number of amides is 3. The van der Waals surface area contributed by atoms with Crippen LogP contribution in [-0.4, -0.2) is 67.3 Å². The highest BCUT2D eigenvalue weighted by Crippen LogP contribution is 2.18. The van der Waals surface area contributed by atoms with E-state index in [2.05, 4.69) is 10.6 Å². The Labute approximate surface area is 111 Å². The Bertz CT molecular complexity index is 360. The standard InChI is InChI=1S/C11H19N3O5/c1-3-12-9(15)4-13-11(18)14(2)8-6-19-5-7(8)10(16)17/h7-8H,3-6H2,1-2H3,(H,12,15)(H,13,18)(H,16,17). The second-order valence-electron chi connectivity index (χ2n) is 4.27. The molecule has 8 nitrogen and oxygen atoms in total. The molecule has 0 aliphatic carbocycles. The van der Waals surface area contributed by atoms with Crippen molar-refractivity contribution in [2.75, 3.05) is 33.4 Å². The number of rotatable bonds is 5. The quantitative estimate of drug-likeness (QED) is 0.587. The van der Waals surface area contributed by atoms with Gasteiger partial charge in [-0.3, -0.25) is 9.59 Å². The summed E-state index contributed by atoms with van der Waals surface area (Å²) in [5.74, 6) is -2.02. The Morgan fingerprint density at radius 1 is 1.32 bits per heavy atom. The summed E-state index contributed by atoms with van der Waals surface area (Å²) in [6, 6.07) is -1.01. The van der Waals surface area contributed by atoms with Crippen molar-refractivity contribution < 1.29 is 24.2 Å². The Balaban J connectivity index is 2.47. The lowest BCUT2D eigenvalue weighted by Crippen LogP contribution is -2.50. The summed E-state index contributed by atoms with van der Waals surface area (Å²) in [5.41, 5.74) is 0. The van der Waals surface area contributed by atoms with Gasteiger partial charge >= 0.3 is 12.0 Å². The van der Waals surface area contributed by atoms with Crippen LogP contribution in [-0.2, 0) is 14.3 Å². The predicted molar refractivity (Wildman–Crippen MR) is 65.6 cm³/mol. The van der Waals surface area contributed by atoms with E-state index < -0.39 is 24.0 Å². The molecule has 0 spiro atoms. The zero-order chi connectivity index (χ0) is 14.4. The molecule has 1 heterocycles. The molecule has 0 radical (unpaired) electrons. The fourth-order valence-corrected chi connectivity index (χ4v) is 1.85. The van der Waals surface area contributed by atoms with Crippen LogP contribution in [0.2, 0.25) is 0 Å². The molecule has 8 heteroatoms. The number of likely N-dealkylation sites (N-methyl/N-ethyl adjacent to an activating group) is 2. The van der Waals surface area contributed by atoms with Gasteiger partial charge in [-0.1, -0.05) is 0 Å². The number of hydrogen-bond acceptors (Lipinski definition) is 4. The molecule has 0 saturated carbocycles. The van der Waals surface area contributed by atoms with E-state index in [-0.39, 0.29) is 25.7 Å². The van der Waals surface area contributed by atoms with Crippen molar-refractivity contribution in [3.05, 3.63) is 0 Å². The molecular formula is C11H19N3O5. The van der Waals surface area contributed by atoms with E-state index in [1.54, 1.807) is 6.92 Å². The van der Waals surface area contributed by atoms with Crippen LogP contribution < -0.4 is 10.6 Å². The maximum atomic E-state index is 11.8. The number of carboxylic acids is 1. The van der Waals surface area contributed by atoms with Crippen LogP contribution in [0.15, 0.2) is 0 Å². The van der Waals surface area contributed by atoms with Crippen molar-refractivity contribution in [3.8, 4) is 0 Å². The first-order valence-electron chi connectivity index (χ1n) is 6.05. The predicted octanol–water partition coefficient (Wildman–Crippen LogP) is -1.14. The topological polar surface area (TPSA) is 108 Å². The minimum Gasteiger partial charge on any atom is -0.481 e. The average Bonchev–Trinajstić information content (AvgIpc) is 2.84. The maximum Gasteiger partial charge on any atom is 0.317 e. The van der Waals surface area contributed by atoms with E-state index in [1.807, 2.05) is 0 Å². The third-order valence-corrected chi connectivity index (χ3v) is 2.96. The Morgan fingerprint density at radius 2 is 2.00 bits per heavy atom. The molecule has 2 atom stereocenters. The summed E-state index contributed by atoms with van der Waals surface area (Å²) in [6.45, 7) is 2.40.